The predicted molar refractivity (Wildman–Crippen MR) is 113 cm³/mol. The first-order valence-electron chi connectivity index (χ1n) is 9.40. The quantitative estimate of drug-likeness (QED) is 0.365. The van der Waals surface area contributed by atoms with Crippen LogP contribution in [-0.4, -0.2) is 30.3 Å². The summed E-state index contributed by atoms with van der Waals surface area (Å²) in [5.74, 6) is -0.526. The smallest absolute Gasteiger partial charge is 0.305 e. The van der Waals surface area contributed by atoms with Crippen LogP contribution in [0.1, 0.15) is 57.3 Å². The van der Waals surface area contributed by atoms with Crippen LogP contribution in [0.3, 0.4) is 0 Å². The topological polar surface area (TPSA) is 89.3 Å². The van der Waals surface area contributed by atoms with Gasteiger partial charge in [0.2, 0.25) is 0 Å². The molecule has 1 unspecified atom stereocenters. The Labute approximate surface area is 163 Å². The van der Waals surface area contributed by atoms with Gasteiger partial charge in [-0.25, -0.2) is 0 Å². The number of esters is 1. The lowest BCUT2D eigenvalue weighted by Crippen LogP contribution is -2.31. The largest absolute Gasteiger partial charge is 0.462 e. The summed E-state index contributed by atoms with van der Waals surface area (Å²) in [7, 11) is 2.00. The number of ether oxygens (including phenoxy) is 1. The first-order valence-corrected chi connectivity index (χ1v) is 9.40. The van der Waals surface area contributed by atoms with Crippen molar-refractivity contribution in [2.75, 3.05) is 0 Å². The Morgan fingerprint density at radius 1 is 0.926 bits per heavy atom. The van der Waals surface area contributed by atoms with Crippen LogP contribution in [0.4, 0.5) is 0 Å². The van der Waals surface area contributed by atoms with Gasteiger partial charge in [0.05, 0.1) is 5.82 Å². The van der Waals surface area contributed by atoms with E-state index in [1.807, 2.05) is 67.9 Å². The van der Waals surface area contributed by atoms with Crippen molar-refractivity contribution in [3.8, 4) is 0 Å². The van der Waals surface area contributed by atoms with Gasteiger partial charge in [-0.05, 0) is 24.8 Å². The van der Waals surface area contributed by atoms with Gasteiger partial charge in [-0.1, -0.05) is 92.8 Å². The molecule has 0 heterocycles. The molecule has 4 nitrogen and oxygen atoms in total. The summed E-state index contributed by atoms with van der Waals surface area (Å²) >= 11 is 0. The standard InChI is InChI=1S/C22H28BO2.2H2O/c1-3-5-8-17-20(4-2)25-22(24)21(18-13-9-6-10-14-18)23-19-15-11-7-12-16-19;;/h6-7,9-16,20-21H,3-5,8,17H2,1-2H3;2*1H2/t20?,21-;;/m0../s1. The number of rotatable bonds is 10. The molecule has 0 fully saturated rings. The lowest BCUT2D eigenvalue weighted by Gasteiger charge is -2.21. The molecule has 0 spiro atoms. The highest BCUT2D eigenvalue weighted by Crippen LogP contribution is 2.19. The van der Waals surface area contributed by atoms with Gasteiger partial charge < -0.3 is 15.7 Å². The Morgan fingerprint density at radius 3 is 2.07 bits per heavy atom. The zero-order chi connectivity index (χ0) is 17.9. The third kappa shape index (κ3) is 8.42. The van der Waals surface area contributed by atoms with Gasteiger partial charge in [-0.15, -0.1) is 0 Å². The fourth-order valence-electron chi connectivity index (χ4n) is 2.92. The van der Waals surface area contributed by atoms with Crippen molar-refractivity contribution >= 4 is 18.7 Å². The number of benzene rings is 2. The third-order valence-corrected chi connectivity index (χ3v) is 4.44. The lowest BCUT2D eigenvalue weighted by atomic mass is 9.57. The minimum atomic E-state index is -0.371. The van der Waals surface area contributed by atoms with Crippen LogP contribution in [0.2, 0.25) is 0 Å². The van der Waals surface area contributed by atoms with E-state index in [4.69, 9.17) is 4.74 Å². The molecule has 2 atom stereocenters. The second-order valence-corrected chi connectivity index (χ2v) is 6.43. The van der Waals surface area contributed by atoms with Gasteiger partial charge in [-0.2, -0.15) is 0 Å². The van der Waals surface area contributed by atoms with Crippen LogP contribution in [0.5, 0.6) is 0 Å². The predicted octanol–water partition coefficient (Wildman–Crippen LogP) is 3.01. The fourth-order valence-corrected chi connectivity index (χ4v) is 2.92. The number of hydrogen-bond donors (Lipinski definition) is 0. The molecule has 0 bridgehead atoms. The minimum Gasteiger partial charge on any atom is -0.462 e. The summed E-state index contributed by atoms with van der Waals surface area (Å²) in [6.07, 6.45) is 5.30. The third-order valence-electron chi connectivity index (χ3n) is 4.44. The molecule has 0 aliphatic heterocycles. The van der Waals surface area contributed by atoms with Crippen LogP contribution in [0, 0.1) is 0 Å². The number of carbonyl (C=O) groups excluding carboxylic acids is 1. The lowest BCUT2D eigenvalue weighted by molar-refractivity contribution is -0.149. The molecule has 27 heavy (non-hydrogen) atoms. The normalized spacial score (nSPS) is 12.1. The second-order valence-electron chi connectivity index (χ2n) is 6.43. The van der Waals surface area contributed by atoms with Crippen LogP contribution in [0.15, 0.2) is 60.7 Å². The number of hydrogen-bond acceptors (Lipinski definition) is 2. The number of carbonyl (C=O) groups is 1. The highest BCUT2D eigenvalue weighted by atomic mass is 16.5. The van der Waals surface area contributed by atoms with Crippen molar-refractivity contribution in [3.05, 3.63) is 66.2 Å². The molecule has 0 saturated heterocycles. The van der Waals surface area contributed by atoms with Gasteiger partial charge in [0.25, 0.3) is 0 Å². The molecular formula is C22H32BO4. The Hall–Kier alpha value is -2.11. The Kier molecular flexibility index (Phi) is 12.9. The first-order chi connectivity index (χ1) is 12.2. The van der Waals surface area contributed by atoms with E-state index in [9.17, 15) is 4.79 Å². The van der Waals surface area contributed by atoms with E-state index in [1.165, 1.54) is 12.8 Å². The summed E-state index contributed by atoms with van der Waals surface area (Å²) < 4.78 is 5.86. The van der Waals surface area contributed by atoms with Crippen molar-refractivity contribution in [2.24, 2.45) is 0 Å². The molecule has 2 aromatic rings. The van der Waals surface area contributed by atoms with Crippen molar-refractivity contribution in [1.29, 1.82) is 0 Å². The molecule has 5 heteroatoms. The van der Waals surface area contributed by atoms with Gasteiger partial charge in [-0.3, -0.25) is 4.79 Å². The maximum Gasteiger partial charge on any atom is 0.305 e. The maximum atomic E-state index is 12.9. The highest BCUT2D eigenvalue weighted by Gasteiger charge is 2.25. The zero-order valence-electron chi connectivity index (χ0n) is 16.4. The summed E-state index contributed by atoms with van der Waals surface area (Å²) in [5, 5.41) is 0. The van der Waals surface area contributed by atoms with E-state index in [-0.39, 0.29) is 28.8 Å². The zero-order valence-corrected chi connectivity index (χ0v) is 16.4. The minimum absolute atomic E-state index is 0. The molecule has 1 radical (unpaired) electrons. The molecule has 2 aromatic carbocycles. The first kappa shape index (κ1) is 24.9. The van der Waals surface area contributed by atoms with Crippen molar-refractivity contribution in [2.45, 2.75) is 57.9 Å². The molecular weight excluding hydrogens is 339 g/mol. The Balaban J connectivity index is 0.00000338. The second kappa shape index (κ2) is 14.0. The summed E-state index contributed by atoms with van der Waals surface area (Å²) in [6, 6.07) is 19.9. The van der Waals surface area contributed by atoms with Gasteiger partial charge in [0.15, 0.2) is 7.28 Å². The van der Waals surface area contributed by atoms with E-state index in [2.05, 4.69) is 13.8 Å². The molecule has 0 amide bonds. The van der Waals surface area contributed by atoms with E-state index in [0.717, 1.165) is 30.3 Å². The summed E-state index contributed by atoms with van der Waals surface area (Å²) in [4.78, 5) is 12.9. The molecule has 147 valence electrons. The molecule has 0 aliphatic rings. The molecule has 4 N–H and O–H groups in total. The highest BCUT2D eigenvalue weighted by molar-refractivity contribution is 6.58. The monoisotopic (exact) mass is 371 g/mol. The van der Waals surface area contributed by atoms with Crippen LogP contribution < -0.4 is 5.46 Å². The Morgan fingerprint density at radius 2 is 1.52 bits per heavy atom. The molecule has 2 rings (SSSR count). The van der Waals surface area contributed by atoms with E-state index >= 15 is 0 Å². The Bertz CT molecular complexity index is 619. The molecule has 0 saturated carbocycles. The van der Waals surface area contributed by atoms with Gasteiger partial charge in [0.1, 0.15) is 6.10 Å². The van der Waals surface area contributed by atoms with Gasteiger partial charge >= 0.3 is 5.97 Å². The SMILES string of the molecule is CCCCCC(CC)OC(=O)[C@@H]([B]c1ccccc1)c1ccccc1.O.O. The number of unbranched alkanes of at least 4 members (excludes halogenated alkanes) is 2. The van der Waals surface area contributed by atoms with Crippen LogP contribution >= 0.6 is 0 Å². The van der Waals surface area contributed by atoms with Crippen LogP contribution in [-0.2, 0) is 9.53 Å². The van der Waals surface area contributed by atoms with E-state index in [0.29, 0.717) is 0 Å². The molecule has 0 aliphatic carbocycles. The van der Waals surface area contributed by atoms with E-state index < -0.39 is 0 Å². The van der Waals surface area contributed by atoms with Crippen LogP contribution in [0.25, 0.3) is 0 Å². The van der Waals surface area contributed by atoms with Crippen molar-refractivity contribution < 1.29 is 20.5 Å². The van der Waals surface area contributed by atoms with Crippen molar-refractivity contribution in [3.63, 3.8) is 0 Å². The maximum absolute atomic E-state index is 12.9. The summed E-state index contributed by atoms with van der Waals surface area (Å²) in [6.45, 7) is 4.27. The van der Waals surface area contributed by atoms with E-state index in [1.54, 1.807) is 0 Å². The summed E-state index contributed by atoms with van der Waals surface area (Å²) in [5.41, 5.74) is 2.01. The average Bonchev–Trinajstić information content (AvgIpc) is 2.66. The fraction of sp³-hybridized carbons (Fsp3) is 0.409. The van der Waals surface area contributed by atoms with Crippen molar-refractivity contribution in [1.82, 2.24) is 0 Å². The van der Waals surface area contributed by atoms with Gasteiger partial charge in [0, 0.05) is 0 Å². The molecule has 0 aromatic heterocycles. The average molecular weight is 371 g/mol.